The number of esters is 2. The minimum absolute atomic E-state index is 0.0176. The van der Waals surface area contributed by atoms with Crippen LogP contribution in [0.25, 0.3) is 0 Å². The Labute approximate surface area is 353 Å². The van der Waals surface area contributed by atoms with Gasteiger partial charge in [0.1, 0.15) is 35.6 Å². The van der Waals surface area contributed by atoms with Gasteiger partial charge < -0.3 is 39.5 Å². The van der Waals surface area contributed by atoms with Crippen LogP contribution in [0.5, 0.6) is 0 Å². The number of rotatable bonds is 18. The second-order valence-electron chi connectivity index (χ2n) is 17.4. The van der Waals surface area contributed by atoms with Gasteiger partial charge in [0.05, 0.1) is 6.04 Å². The number of aliphatic imine (C=N–C) groups is 2. The average Bonchev–Trinajstić information content (AvgIpc) is 3.04. The molecule has 0 atom stereocenters. The molecule has 21 heteroatoms. The minimum Gasteiger partial charge on any atom is -0.463 e. The van der Waals surface area contributed by atoms with E-state index in [0.717, 1.165) is 12.8 Å². The van der Waals surface area contributed by atoms with E-state index < -0.39 is 64.8 Å². The Bertz CT molecular complexity index is 1310. The summed E-state index contributed by atoms with van der Waals surface area (Å²) in [7, 11) is 0. The van der Waals surface area contributed by atoms with Crippen LogP contribution in [-0.4, -0.2) is 115 Å². The number of guanidine groups is 2. The van der Waals surface area contributed by atoms with Crippen LogP contribution in [0.4, 0.5) is 19.2 Å². The standard InChI is InChI=1S/C39H70N8O13/c1-36(2,3)57-32(51)44-30(45-33(52)58-37(4,5)6)41-22-16-19-28(49)55-24-26(43-27(48)18-14-13-15-21-40)25-56-29(50)20-17-23-42-31(46-34(53)59-38(7,8)9)47-35(54)60-39(10,11)12/h26H,13-25,40H2,1-12H3,(H,43,48)(H2,41,44,45,51,52)(H2,42,46,47,53,54). The molecule has 0 aromatic rings. The average molecular weight is 859 g/mol. The quantitative estimate of drug-likeness (QED) is 0.0365. The number of nitrogens with zero attached hydrogens (tertiary/aromatic N) is 2. The van der Waals surface area contributed by atoms with Gasteiger partial charge in [0.2, 0.25) is 17.8 Å². The first-order valence-corrected chi connectivity index (χ1v) is 20.0. The Morgan fingerprint density at radius 1 is 0.483 bits per heavy atom. The lowest BCUT2D eigenvalue weighted by Gasteiger charge is -2.22. The fraction of sp³-hybridized carbons (Fsp3) is 0.769. The molecule has 60 heavy (non-hydrogen) atoms. The molecular formula is C39H70N8O13. The molecule has 0 heterocycles. The number of carbonyl (C=O) groups excluding carboxylic acids is 7. The van der Waals surface area contributed by atoms with Crippen LogP contribution < -0.4 is 32.3 Å². The summed E-state index contributed by atoms with van der Waals surface area (Å²) in [5.41, 5.74) is 2.25. The lowest BCUT2D eigenvalue weighted by atomic mass is 10.2. The van der Waals surface area contributed by atoms with Crippen LogP contribution in [0.1, 0.15) is 134 Å². The lowest BCUT2D eigenvalue weighted by Crippen LogP contribution is -2.47. The van der Waals surface area contributed by atoms with E-state index >= 15 is 0 Å². The number of carbonyl (C=O) groups is 7. The molecule has 344 valence electrons. The largest absolute Gasteiger partial charge is 0.463 e. The maximum atomic E-state index is 12.7. The summed E-state index contributed by atoms with van der Waals surface area (Å²) in [5, 5.41) is 12.2. The van der Waals surface area contributed by atoms with E-state index in [0.29, 0.717) is 13.0 Å². The van der Waals surface area contributed by atoms with Gasteiger partial charge in [-0.3, -0.25) is 45.6 Å². The minimum atomic E-state index is -0.874. The van der Waals surface area contributed by atoms with Crippen molar-refractivity contribution in [2.45, 2.75) is 163 Å². The van der Waals surface area contributed by atoms with Crippen LogP contribution >= 0.6 is 0 Å². The molecule has 0 rings (SSSR count). The SMILES string of the molecule is CC(C)(C)OC(=O)NC(=NCCCC(=O)OCC(COC(=O)CCCN=C(NC(=O)OC(C)(C)C)NC(=O)OC(C)(C)C)NC(=O)CCCCCN)NC(=O)OC(C)(C)C. The topological polar surface area (TPSA) is 286 Å². The van der Waals surface area contributed by atoms with Crippen molar-refractivity contribution in [1.29, 1.82) is 0 Å². The van der Waals surface area contributed by atoms with Crippen molar-refractivity contribution in [3.8, 4) is 0 Å². The third-order valence-electron chi connectivity index (χ3n) is 6.46. The molecule has 0 saturated heterocycles. The summed E-state index contributed by atoms with van der Waals surface area (Å²) in [6, 6.07) is -0.874. The number of nitrogens with two attached hydrogens (primary N) is 1. The van der Waals surface area contributed by atoms with Crippen molar-refractivity contribution in [2.24, 2.45) is 15.7 Å². The van der Waals surface area contributed by atoms with Crippen LogP contribution in [0, 0.1) is 0 Å². The van der Waals surface area contributed by atoms with E-state index in [2.05, 4.69) is 36.6 Å². The van der Waals surface area contributed by atoms with Gasteiger partial charge in [-0.05, 0) is 115 Å². The van der Waals surface area contributed by atoms with Crippen LogP contribution in [0.15, 0.2) is 9.98 Å². The van der Waals surface area contributed by atoms with Crippen molar-refractivity contribution in [2.75, 3.05) is 32.8 Å². The zero-order valence-electron chi connectivity index (χ0n) is 37.5. The second kappa shape index (κ2) is 26.8. The van der Waals surface area contributed by atoms with E-state index in [4.69, 9.17) is 34.2 Å². The molecule has 7 N–H and O–H groups in total. The molecule has 0 aromatic heterocycles. The highest BCUT2D eigenvalue weighted by Gasteiger charge is 2.23. The van der Waals surface area contributed by atoms with Gasteiger partial charge in [0, 0.05) is 32.4 Å². The molecule has 0 fully saturated rings. The third kappa shape index (κ3) is 33.7. The molecule has 5 amide bonds. The van der Waals surface area contributed by atoms with Crippen molar-refractivity contribution in [1.82, 2.24) is 26.6 Å². The summed E-state index contributed by atoms with van der Waals surface area (Å²) in [4.78, 5) is 95.6. The molecule has 21 nitrogen and oxygen atoms in total. The predicted octanol–water partition coefficient (Wildman–Crippen LogP) is 4.45. The highest BCUT2D eigenvalue weighted by Crippen LogP contribution is 2.10. The van der Waals surface area contributed by atoms with Gasteiger partial charge in [0.25, 0.3) is 0 Å². The fourth-order valence-electron chi connectivity index (χ4n) is 4.22. The molecule has 0 aliphatic rings. The first kappa shape index (κ1) is 54.8. The van der Waals surface area contributed by atoms with Crippen molar-refractivity contribution >= 4 is 54.1 Å². The van der Waals surface area contributed by atoms with Gasteiger partial charge >= 0.3 is 36.3 Å². The molecule has 0 aromatic carbocycles. The maximum absolute atomic E-state index is 12.7. The summed E-state index contributed by atoms with van der Waals surface area (Å²) in [6.45, 7) is 19.8. The summed E-state index contributed by atoms with van der Waals surface area (Å²) in [5.74, 6) is -2.11. The van der Waals surface area contributed by atoms with Crippen LogP contribution in [0.2, 0.25) is 0 Å². The van der Waals surface area contributed by atoms with Crippen LogP contribution in [0.3, 0.4) is 0 Å². The second-order valence-corrected chi connectivity index (χ2v) is 17.4. The molecule has 0 aliphatic heterocycles. The first-order valence-electron chi connectivity index (χ1n) is 20.0. The Balaban J connectivity index is 5.45. The Kier molecular flexibility index (Phi) is 24.5. The zero-order valence-corrected chi connectivity index (χ0v) is 37.5. The fourth-order valence-corrected chi connectivity index (χ4v) is 4.22. The summed E-state index contributed by atoms with van der Waals surface area (Å²) >= 11 is 0. The molecule has 0 spiro atoms. The highest BCUT2D eigenvalue weighted by atomic mass is 16.6. The maximum Gasteiger partial charge on any atom is 0.414 e. The lowest BCUT2D eigenvalue weighted by molar-refractivity contribution is -0.149. The molecular weight excluding hydrogens is 788 g/mol. The number of hydrogen-bond acceptors (Lipinski definition) is 16. The molecule has 0 aliphatic carbocycles. The number of amides is 5. The monoisotopic (exact) mass is 859 g/mol. The molecule has 0 radical (unpaired) electrons. The summed E-state index contributed by atoms with van der Waals surface area (Å²) in [6.07, 6.45) is -1.16. The number of ether oxygens (including phenoxy) is 6. The van der Waals surface area contributed by atoms with E-state index in [-0.39, 0.29) is 76.2 Å². The van der Waals surface area contributed by atoms with Crippen LogP contribution in [-0.2, 0) is 42.8 Å². The van der Waals surface area contributed by atoms with Gasteiger partial charge in [-0.1, -0.05) is 6.42 Å². The number of hydrogen-bond donors (Lipinski definition) is 6. The van der Waals surface area contributed by atoms with Gasteiger partial charge in [-0.2, -0.15) is 0 Å². The van der Waals surface area contributed by atoms with Gasteiger partial charge in [-0.25, -0.2) is 19.2 Å². The molecule has 0 unspecified atom stereocenters. The summed E-state index contributed by atoms with van der Waals surface area (Å²) < 4.78 is 31.6. The predicted molar refractivity (Wildman–Crippen MR) is 222 cm³/mol. The van der Waals surface area contributed by atoms with Gasteiger partial charge in [-0.15, -0.1) is 0 Å². The molecule has 0 saturated carbocycles. The van der Waals surface area contributed by atoms with E-state index in [1.54, 1.807) is 83.1 Å². The normalized spacial score (nSPS) is 11.6. The van der Waals surface area contributed by atoms with Crippen molar-refractivity contribution in [3.05, 3.63) is 0 Å². The van der Waals surface area contributed by atoms with Crippen molar-refractivity contribution in [3.63, 3.8) is 0 Å². The number of alkyl carbamates (subject to hydrolysis) is 4. The first-order chi connectivity index (χ1) is 27.6. The zero-order chi connectivity index (χ0) is 46.2. The third-order valence-corrected chi connectivity index (χ3v) is 6.46. The smallest absolute Gasteiger partial charge is 0.414 e. The number of unbranched alkanes of at least 4 members (excludes halogenated alkanes) is 2. The Morgan fingerprint density at radius 3 is 1.12 bits per heavy atom. The van der Waals surface area contributed by atoms with E-state index in [9.17, 15) is 33.6 Å². The molecule has 0 bridgehead atoms. The van der Waals surface area contributed by atoms with Crippen molar-refractivity contribution < 1.29 is 62.0 Å². The van der Waals surface area contributed by atoms with E-state index in [1.165, 1.54) is 0 Å². The number of nitrogens with one attached hydrogen (secondary N) is 5. The Hall–Kier alpha value is -5.21. The highest BCUT2D eigenvalue weighted by molar-refractivity contribution is 6.02. The van der Waals surface area contributed by atoms with E-state index in [1.807, 2.05) is 0 Å². The Morgan fingerprint density at radius 2 is 0.817 bits per heavy atom. The van der Waals surface area contributed by atoms with Gasteiger partial charge in [0.15, 0.2) is 0 Å².